The van der Waals surface area contributed by atoms with E-state index in [0.29, 0.717) is 16.5 Å². The molecule has 0 fully saturated rings. The molecular formula is C16H14N2O3S. The topological polar surface area (TPSA) is 68.3 Å². The van der Waals surface area contributed by atoms with Crippen molar-refractivity contribution in [3.63, 3.8) is 0 Å². The van der Waals surface area contributed by atoms with Gasteiger partial charge in [-0.2, -0.15) is 0 Å². The lowest BCUT2D eigenvalue weighted by Crippen LogP contribution is -2.28. The largest absolute Gasteiger partial charge is 0.431 e. The van der Waals surface area contributed by atoms with Crippen LogP contribution in [0.2, 0.25) is 0 Å². The molecule has 0 saturated heterocycles. The summed E-state index contributed by atoms with van der Waals surface area (Å²) < 4.78 is 5.58. The Morgan fingerprint density at radius 3 is 2.77 bits per heavy atom. The van der Waals surface area contributed by atoms with E-state index in [2.05, 4.69) is 22.1 Å². The van der Waals surface area contributed by atoms with Gasteiger partial charge < -0.3 is 10.1 Å². The second-order valence-corrected chi connectivity index (χ2v) is 5.46. The molecule has 2 rings (SSSR count). The highest BCUT2D eigenvalue weighted by atomic mass is 32.1. The fraction of sp³-hybridized carbons (Fsp3) is 0.188. The predicted molar refractivity (Wildman–Crippen MR) is 84.2 cm³/mol. The van der Waals surface area contributed by atoms with Gasteiger partial charge in [-0.25, -0.2) is 4.98 Å². The summed E-state index contributed by atoms with van der Waals surface area (Å²) in [6, 6.07) is 6.53. The van der Waals surface area contributed by atoms with E-state index >= 15 is 0 Å². The van der Waals surface area contributed by atoms with E-state index in [1.165, 1.54) is 18.3 Å². The van der Waals surface area contributed by atoms with Crippen molar-refractivity contribution in [1.29, 1.82) is 0 Å². The van der Waals surface area contributed by atoms with Gasteiger partial charge in [0.15, 0.2) is 0 Å². The average Bonchev–Trinajstić information content (AvgIpc) is 2.93. The third-order valence-electron chi connectivity index (χ3n) is 2.54. The van der Waals surface area contributed by atoms with Gasteiger partial charge >= 0.3 is 0 Å². The number of carbonyl (C=O) groups excluding carboxylic acids is 2. The summed E-state index contributed by atoms with van der Waals surface area (Å²) in [5.74, 6) is 6.34. The number of hydrogen-bond donors (Lipinski definition) is 1. The number of hydrogen-bond acceptors (Lipinski definition) is 5. The van der Waals surface area contributed by atoms with Crippen LogP contribution in [0.15, 0.2) is 30.5 Å². The molecule has 1 amide bonds. The van der Waals surface area contributed by atoms with Crippen LogP contribution in [0, 0.1) is 11.8 Å². The van der Waals surface area contributed by atoms with E-state index in [1.807, 2.05) is 0 Å². The van der Waals surface area contributed by atoms with Crippen molar-refractivity contribution < 1.29 is 14.3 Å². The lowest BCUT2D eigenvalue weighted by molar-refractivity contribution is -0.119. The number of amides is 1. The normalized spacial score (nSPS) is 11.0. The Balaban J connectivity index is 2.00. The van der Waals surface area contributed by atoms with Gasteiger partial charge in [-0.15, -0.1) is 0 Å². The molecule has 1 aromatic carbocycles. The van der Waals surface area contributed by atoms with Crippen LogP contribution in [-0.2, 0) is 4.79 Å². The van der Waals surface area contributed by atoms with Crippen LogP contribution < -0.4 is 10.1 Å². The molecule has 6 heteroatoms. The van der Waals surface area contributed by atoms with Gasteiger partial charge in [0.25, 0.3) is 5.19 Å². The van der Waals surface area contributed by atoms with Crippen LogP contribution in [0.3, 0.4) is 0 Å². The molecule has 1 atom stereocenters. The number of benzene rings is 1. The SMILES string of the molecule is CC(=O)NC(C)C#Cc1cnc(Oc2ccc(C=O)cc2)s1. The second kappa shape index (κ2) is 7.38. The number of thiazole rings is 1. The summed E-state index contributed by atoms with van der Waals surface area (Å²) in [5.41, 5.74) is 0.588. The maximum Gasteiger partial charge on any atom is 0.279 e. The van der Waals surface area contributed by atoms with E-state index < -0.39 is 0 Å². The third-order valence-corrected chi connectivity index (χ3v) is 3.33. The Morgan fingerprint density at radius 1 is 1.41 bits per heavy atom. The number of ether oxygens (including phenoxy) is 1. The number of nitrogens with one attached hydrogen (secondary N) is 1. The first-order valence-corrected chi connectivity index (χ1v) is 7.36. The molecule has 0 bridgehead atoms. The third kappa shape index (κ3) is 4.72. The van der Waals surface area contributed by atoms with Crippen LogP contribution >= 0.6 is 11.3 Å². The summed E-state index contributed by atoms with van der Waals surface area (Å²) in [6.07, 6.45) is 2.39. The van der Waals surface area contributed by atoms with Gasteiger partial charge in [0.2, 0.25) is 5.91 Å². The molecule has 22 heavy (non-hydrogen) atoms. The van der Waals surface area contributed by atoms with Gasteiger partial charge in [0.1, 0.15) is 16.9 Å². The monoisotopic (exact) mass is 314 g/mol. The van der Waals surface area contributed by atoms with Gasteiger partial charge in [0.05, 0.1) is 12.2 Å². The molecule has 112 valence electrons. The molecule has 0 spiro atoms. The molecule has 1 N–H and O–H groups in total. The first-order valence-electron chi connectivity index (χ1n) is 6.54. The maximum absolute atomic E-state index is 10.9. The van der Waals surface area contributed by atoms with Crippen molar-refractivity contribution in [2.45, 2.75) is 19.9 Å². The molecular weight excluding hydrogens is 300 g/mol. The van der Waals surface area contributed by atoms with Crippen LogP contribution in [0.5, 0.6) is 10.9 Å². The summed E-state index contributed by atoms with van der Waals surface area (Å²) in [6.45, 7) is 3.26. The number of aromatic nitrogens is 1. The van der Waals surface area contributed by atoms with Crippen LogP contribution in [0.4, 0.5) is 0 Å². The highest BCUT2D eigenvalue weighted by Gasteiger charge is 2.04. The zero-order valence-electron chi connectivity index (χ0n) is 12.1. The Morgan fingerprint density at radius 2 is 2.14 bits per heavy atom. The first kappa shape index (κ1) is 15.7. The van der Waals surface area contributed by atoms with Gasteiger partial charge in [-0.05, 0) is 31.2 Å². The minimum absolute atomic E-state index is 0.117. The number of carbonyl (C=O) groups is 2. The molecule has 2 aromatic rings. The van der Waals surface area contributed by atoms with Crippen molar-refractivity contribution in [2.24, 2.45) is 0 Å². The van der Waals surface area contributed by atoms with Crippen LogP contribution in [0.1, 0.15) is 29.1 Å². The van der Waals surface area contributed by atoms with E-state index in [4.69, 9.17) is 4.74 Å². The molecule has 1 aromatic heterocycles. The Kier molecular flexibility index (Phi) is 5.28. The fourth-order valence-electron chi connectivity index (χ4n) is 1.60. The van der Waals surface area contributed by atoms with Gasteiger partial charge in [-0.1, -0.05) is 23.2 Å². The van der Waals surface area contributed by atoms with Crippen molar-refractivity contribution in [3.8, 4) is 22.8 Å². The molecule has 5 nitrogen and oxygen atoms in total. The lowest BCUT2D eigenvalue weighted by atomic mass is 10.2. The highest BCUT2D eigenvalue weighted by molar-refractivity contribution is 7.13. The molecule has 1 unspecified atom stereocenters. The summed E-state index contributed by atoms with van der Waals surface area (Å²) in [7, 11) is 0. The molecule has 0 radical (unpaired) electrons. The minimum atomic E-state index is -0.222. The fourth-order valence-corrected chi connectivity index (χ4v) is 2.25. The Hall–Kier alpha value is -2.65. The summed E-state index contributed by atoms with van der Waals surface area (Å²) in [4.78, 5) is 26.3. The van der Waals surface area contributed by atoms with Crippen molar-refractivity contribution in [2.75, 3.05) is 0 Å². The molecule has 1 heterocycles. The van der Waals surface area contributed by atoms with Crippen LogP contribution in [-0.4, -0.2) is 23.2 Å². The predicted octanol–water partition coefficient (Wildman–Crippen LogP) is 2.62. The van der Waals surface area contributed by atoms with Crippen molar-refractivity contribution in [1.82, 2.24) is 10.3 Å². The van der Waals surface area contributed by atoms with E-state index in [-0.39, 0.29) is 11.9 Å². The quantitative estimate of drug-likeness (QED) is 0.696. The number of aldehydes is 1. The van der Waals surface area contributed by atoms with Crippen molar-refractivity contribution in [3.05, 3.63) is 40.9 Å². The molecule has 0 saturated carbocycles. The van der Waals surface area contributed by atoms with Gasteiger partial charge in [0, 0.05) is 12.5 Å². The lowest BCUT2D eigenvalue weighted by Gasteiger charge is -2.02. The molecule has 0 aliphatic carbocycles. The van der Waals surface area contributed by atoms with Crippen LogP contribution in [0.25, 0.3) is 0 Å². The highest BCUT2D eigenvalue weighted by Crippen LogP contribution is 2.26. The molecule has 0 aliphatic rings. The zero-order chi connectivity index (χ0) is 15.9. The summed E-state index contributed by atoms with van der Waals surface area (Å²) >= 11 is 1.31. The van der Waals surface area contributed by atoms with Gasteiger partial charge in [-0.3, -0.25) is 9.59 Å². The average molecular weight is 314 g/mol. The molecule has 0 aliphatic heterocycles. The minimum Gasteiger partial charge on any atom is -0.431 e. The Bertz CT molecular complexity index is 726. The Labute approximate surface area is 132 Å². The van der Waals surface area contributed by atoms with E-state index in [9.17, 15) is 9.59 Å². The standard InChI is InChI=1S/C16H14N2O3S/c1-11(18-12(2)20)3-8-15-9-17-16(22-15)21-14-6-4-13(10-19)5-7-14/h4-7,9-11H,1-2H3,(H,18,20). The summed E-state index contributed by atoms with van der Waals surface area (Å²) in [5, 5.41) is 3.15. The van der Waals surface area contributed by atoms with E-state index in [0.717, 1.165) is 11.2 Å². The first-order chi connectivity index (χ1) is 10.6. The zero-order valence-corrected chi connectivity index (χ0v) is 12.9. The van der Waals surface area contributed by atoms with E-state index in [1.54, 1.807) is 37.4 Å². The van der Waals surface area contributed by atoms with Crippen molar-refractivity contribution >= 4 is 23.5 Å². The number of rotatable bonds is 4. The smallest absolute Gasteiger partial charge is 0.279 e. The maximum atomic E-state index is 10.9. The second-order valence-electron chi connectivity index (χ2n) is 4.47. The number of nitrogens with zero attached hydrogens (tertiary/aromatic N) is 1.